The molecule has 0 aliphatic heterocycles. The van der Waals surface area contributed by atoms with E-state index in [1.807, 2.05) is 12.1 Å². The number of anilines is 2. The van der Waals surface area contributed by atoms with Gasteiger partial charge in [0.05, 0.1) is 16.3 Å². The molecule has 3 rings (SSSR count). The highest BCUT2D eigenvalue weighted by molar-refractivity contribution is 7.89. The van der Waals surface area contributed by atoms with E-state index in [9.17, 15) is 22.8 Å². The molecule has 0 spiro atoms. The van der Waals surface area contributed by atoms with Crippen LogP contribution in [0.1, 0.15) is 46.6 Å². The van der Waals surface area contributed by atoms with E-state index in [4.69, 9.17) is 15.9 Å². The van der Waals surface area contributed by atoms with Gasteiger partial charge in [0.2, 0.25) is 15.9 Å². The smallest absolute Gasteiger partial charge is 0.304 e. The van der Waals surface area contributed by atoms with E-state index in [0.717, 1.165) is 17.4 Å². The first-order chi connectivity index (χ1) is 19.7. The van der Waals surface area contributed by atoms with Crippen LogP contribution in [0.15, 0.2) is 47.4 Å². The van der Waals surface area contributed by atoms with Crippen molar-refractivity contribution in [1.82, 2.24) is 10.0 Å². The van der Waals surface area contributed by atoms with Crippen molar-refractivity contribution in [2.75, 3.05) is 17.2 Å². The van der Waals surface area contributed by atoms with Gasteiger partial charge >= 0.3 is 5.97 Å². The number of ether oxygens (including phenoxy) is 1. The fourth-order valence-electron chi connectivity index (χ4n) is 4.34. The number of nitrogens with two attached hydrogens (primary N) is 1. The van der Waals surface area contributed by atoms with Gasteiger partial charge in [-0.3, -0.25) is 19.8 Å². The second kappa shape index (κ2) is 13.6. The van der Waals surface area contributed by atoms with Gasteiger partial charge in [-0.2, -0.15) is 4.72 Å². The molecule has 3 aromatic rings. The number of rotatable bonds is 11. The number of carbonyl (C=O) groups is 3. The molecule has 7 N–H and O–H groups in total. The van der Waals surface area contributed by atoms with Crippen LogP contribution in [0.5, 0.6) is 0 Å². The molecule has 0 saturated heterocycles. The van der Waals surface area contributed by atoms with E-state index < -0.39 is 28.1 Å². The predicted molar refractivity (Wildman–Crippen MR) is 163 cm³/mol. The van der Waals surface area contributed by atoms with Crippen molar-refractivity contribution in [2.45, 2.75) is 52.2 Å². The summed E-state index contributed by atoms with van der Waals surface area (Å²) in [4.78, 5) is 37.7. The highest BCUT2D eigenvalue weighted by Crippen LogP contribution is 2.33. The van der Waals surface area contributed by atoms with Crippen LogP contribution < -0.4 is 26.4 Å². The average molecular weight is 615 g/mol. The van der Waals surface area contributed by atoms with Crippen LogP contribution in [0.4, 0.5) is 11.4 Å². The molecule has 224 valence electrons. The molecule has 42 heavy (non-hydrogen) atoms. The molecule has 1 unspecified atom stereocenters. The van der Waals surface area contributed by atoms with Gasteiger partial charge in [0, 0.05) is 29.6 Å². The minimum absolute atomic E-state index is 0.0796. The molecule has 2 aromatic carbocycles. The number of esters is 1. The maximum absolute atomic E-state index is 13.5. The Kier molecular flexibility index (Phi) is 10.4. The molecule has 1 heterocycles. The number of nitrogens with one attached hydrogen (secondary N) is 5. The Morgan fingerprint density at radius 3 is 2.40 bits per heavy atom. The summed E-state index contributed by atoms with van der Waals surface area (Å²) < 4.78 is 34.4. The number of sulfonamides is 1. The van der Waals surface area contributed by atoms with Crippen LogP contribution in [0, 0.1) is 26.2 Å². The Bertz CT molecular complexity index is 1630. The molecule has 12 nitrogen and oxygen atoms in total. The lowest BCUT2D eigenvalue weighted by molar-refractivity contribution is -0.147. The number of aryl methyl sites for hydroxylation is 2. The maximum atomic E-state index is 13.5. The summed E-state index contributed by atoms with van der Waals surface area (Å²) in [5.41, 5.74) is 8.59. The summed E-state index contributed by atoms with van der Waals surface area (Å²) in [6, 6.07) is 12.4. The normalized spacial score (nSPS) is 11.8. The quantitative estimate of drug-likeness (QED) is 0.0816. The van der Waals surface area contributed by atoms with Gasteiger partial charge in [-0.15, -0.1) is 11.3 Å². The molecule has 0 fully saturated rings. The molecule has 0 saturated carbocycles. The monoisotopic (exact) mass is 614 g/mol. The third-order valence-corrected chi connectivity index (χ3v) is 8.94. The van der Waals surface area contributed by atoms with Crippen LogP contribution in [0.2, 0.25) is 0 Å². The largest absolute Gasteiger partial charge is 0.444 e. The molecular weight excluding hydrogens is 580 g/mol. The van der Waals surface area contributed by atoms with Crippen molar-refractivity contribution in [2.24, 2.45) is 5.73 Å². The Morgan fingerprint density at radius 1 is 1.05 bits per heavy atom. The van der Waals surface area contributed by atoms with E-state index in [2.05, 4.69) is 20.7 Å². The number of hydrogen-bond donors (Lipinski definition) is 6. The molecule has 0 aliphatic carbocycles. The lowest BCUT2D eigenvalue weighted by Crippen LogP contribution is -2.46. The van der Waals surface area contributed by atoms with Crippen LogP contribution in [-0.4, -0.2) is 44.9 Å². The number of hydrogen-bond acceptors (Lipinski definition) is 8. The van der Waals surface area contributed by atoms with E-state index in [-0.39, 0.29) is 29.7 Å². The first-order valence-corrected chi connectivity index (χ1v) is 15.2. The summed E-state index contributed by atoms with van der Waals surface area (Å²) in [5.74, 6) is -1.67. The van der Waals surface area contributed by atoms with Crippen molar-refractivity contribution < 1.29 is 27.5 Å². The Hall–Kier alpha value is -4.27. The first-order valence-electron chi connectivity index (χ1n) is 12.9. The number of carbonyl (C=O) groups excluding carboxylic acids is 3. The third-order valence-electron chi connectivity index (χ3n) is 6.06. The zero-order valence-electron chi connectivity index (χ0n) is 23.9. The summed E-state index contributed by atoms with van der Waals surface area (Å²) in [6.45, 7) is 7.48. The Labute approximate surface area is 248 Å². The highest BCUT2D eigenvalue weighted by Gasteiger charge is 2.28. The van der Waals surface area contributed by atoms with Gasteiger partial charge < -0.3 is 26.4 Å². The van der Waals surface area contributed by atoms with Crippen molar-refractivity contribution in [3.05, 3.63) is 64.0 Å². The minimum atomic E-state index is -4.26. The summed E-state index contributed by atoms with van der Waals surface area (Å²) in [7, 11) is -4.26. The number of amides is 2. The van der Waals surface area contributed by atoms with Gasteiger partial charge in [0.15, 0.2) is 12.2 Å². The third kappa shape index (κ3) is 8.15. The van der Waals surface area contributed by atoms with Gasteiger partial charge in [-0.05, 0) is 67.3 Å². The summed E-state index contributed by atoms with van der Waals surface area (Å²) in [6.07, 6.45) is -1.16. The van der Waals surface area contributed by atoms with Gasteiger partial charge in [0.25, 0.3) is 5.91 Å². The number of guanidine groups is 1. The molecule has 14 heteroatoms. The Balaban J connectivity index is 1.88. The average Bonchev–Trinajstić information content (AvgIpc) is 3.39. The standard InChI is InChI=1S/C28H34N6O6S2/c1-6-23(36)31-14-24(40-18(5)35)34-42(38,39)26-16(3)12-15(2)25(17(26)4)33-27(37)22-11-10-21(41-22)19-8-7-9-20(13-19)32-28(29)30/h7-13,24,34H,6,14H2,1-5H3,(H,31,36)(H,33,37)(H4,29,30,32). The number of benzene rings is 2. The molecule has 1 atom stereocenters. The molecular formula is C28H34N6O6S2. The van der Waals surface area contributed by atoms with Gasteiger partial charge in [0.1, 0.15) is 0 Å². The highest BCUT2D eigenvalue weighted by atomic mass is 32.2. The minimum Gasteiger partial charge on any atom is -0.444 e. The fraction of sp³-hybridized carbons (Fsp3) is 0.286. The first kappa shape index (κ1) is 32.2. The maximum Gasteiger partial charge on any atom is 0.304 e. The van der Waals surface area contributed by atoms with Crippen LogP contribution in [0.3, 0.4) is 0 Å². The zero-order valence-corrected chi connectivity index (χ0v) is 25.5. The van der Waals surface area contributed by atoms with E-state index >= 15 is 0 Å². The molecule has 0 radical (unpaired) electrons. The van der Waals surface area contributed by atoms with Crippen molar-refractivity contribution >= 4 is 56.5 Å². The van der Waals surface area contributed by atoms with E-state index in [1.54, 1.807) is 58.0 Å². The van der Waals surface area contributed by atoms with Crippen LogP contribution in [0.25, 0.3) is 10.4 Å². The second-order valence-corrected chi connectivity index (χ2v) is 12.2. The molecule has 0 bridgehead atoms. The van der Waals surface area contributed by atoms with Crippen molar-refractivity contribution in [3.8, 4) is 10.4 Å². The zero-order chi connectivity index (χ0) is 31.2. The van der Waals surface area contributed by atoms with Crippen LogP contribution >= 0.6 is 11.3 Å². The van der Waals surface area contributed by atoms with Crippen molar-refractivity contribution in [1.29, 1.82) is 5.41 Å². The molecule has 2 amide bonds. The predicted octanol–water partition coefficient (Wildman–Crippen LogP) is 3.59. The topological polar surface area (TPSA) is 193 Å². The number of thiophene rings is 1. The lowest BCUT2D eigenvalue weighted by Gasteiger charge is -2.22. The summed E-state index contributed by atoms with van der Waals surface area (Å²) in [5, 5.41) is 15.5. The lowest BCUT2D eigenvalue weighted by atomic mass is 10.0. The van der Waals surface area contributed by atoms with E-state index in [0.29, 0.717) is 32.9 Å². The molecule has 0 aliphatic rings. The van der Waals surface area contributed by atoms with Crippen molar-refractivity contribution in [3.63, 3.8) is 0 Å². The van der Waals surface area contributed by atoms with Gasteiger partial charge in [-0.1, -0.05) is 25.1 Å². The molecule has 1 aromatic heterocycles. The Morgan fingerprint density at radius 2 is 1.76 bits per heavy atom. The fourth-order valence-corrected chi connectivity index (χ4v) is 6.82. The second-order valence-electron chi connectivity index (χ2n) is 9.45. The van der Waals surface area contributed by atoms with Gasteiger partial charge in [-0.25, -0.2) is 8.42 Å². The van der Waals surface area contributed by atoms with Crippen LogP contribution in [-0.2, 0) is 24.3 Å². The summed E-state index contributed by atoms with van der Waals surface area (Å²) >= 11 is 1.25. The SMILES string of the molecule is CCC(=O)NCC(NS(=O)(=O)c1c(C)cc(C)c(NC(=O)c2ccc(-c3cccc(NC(=N)N)c3)s2)c1C)OC(C)=O. The van der Waals surface area contributed by atoms with E-state index in [1.165, 1.54) is 11.3 Å².